The number of rotatable bonds is 5. The Kier molecular flexibility index (Phi) is 3.91. The number of hydrogen-bond acceptors (Lipinski definition) is 6. The zero-order valence-electron chi connectivity index (χ0n) is 10.2. The highest BCUT2D eigenvalue weighted by Crippen LogP contribution is 2.25. The molecule has 0 saturated heterocycles. The molecule has 106 valence electrons. The zero-order valence-corrected chi connectivity index (χ0v) is 11.9. The molecule has 0 radical (unpaired) electrons. The number of carboxylic acid groups (broad SMARTS) is 1. The molecule has 0 spiro atoms. The van der Waals surface area contributed by atoms with Gasteiger partial charge in [-0.1, -0.05) is 6.07 Å². The van der Waals surface area contributed by atoms with Gasteiger partial charge in [-0.3, -0.25) is 4.72 Å². The maximum absolute atomic E-state index is 12.2. The first-order chi connectivity index (χ1) is 9.44. The largest absolute Gasteiger partial charge is 0.497 e. The first kappa shape index (κ1) is 14.3. The van der Waals surface area contributed by atoms with Crippen LogP contribution in [0, 0.1) is 0 Å². The Hall–Kier alpha value is -2.13. The van der Waals surface area contributed by atoms with Crippen molar-refractivity contribution in [3.8, 4) is 5.75 Å². The Morgan fingerprint density at radius 1 is 1.45 bits per heavy atom. The standard InChI is InChI=1S/C11H10N2O5S2/c1-18-7-3-2-4-8(5-7)20(16,17)13-10-9(11(14)15)12-6-19-10/h2-6,13H,1H3,(H,14,15). The molecule has 0 unspecified atom stereocenters. The highest BCUT2D eigenvalue weighted by molar-refractivity contribution is 7.93. The summed E-state index contributed by atoms with van der Waals surface area (Å²) >= 11 is 0.896. The van der Waals surface area contributed by atoms with E-state index in [4.69, 9.17) is 9.84 Å². The van der Waals surface area contributed by atoms with Crippen LogP contribution in [0.3, 0.4) is 0 Å². The third kappa shape index (κ3) is 2.89. The number of benzene rings is 1. The second kappa shape index (κ2) is 5.47. The first-order valence-corrected chi connectivity index (χ1v) is 7.64. The van der Waals surface area contributed by atoms with E-state index in [1.807, 2.05) is 0 Å². The molecular formula is C11H10N2O5S2. The summed E-state index contributed by atoms with van der Waals surface area (Å²) in [6.07, 6.45) is 0. The predicted octanol–water partition coefficient (Wildman–Crippen LogP) is 1.65. The molecule has 20 heavy (non-hydrogen) atoms. The average molecular weight is 314 g/mol. The van der Waals surface area contributed by atoms with Gasteiger partial charge in [-0.05, 0) is 12.1 Å². The molecule has 0 atom stereocenters. The first-order valence-electron chi connectivity index (χ1n) is 5.27. The fourth-order valence-electron chi connectivity index (χ4n) is 1.42. The van der Waals surface area contributed by atoms with Crippen molar-refractivity contribution in [3.63, 3.8) is 0 Å². The van der Waals surface area contributed by atoms with E-state index in [0.717, 1.165) is 11.3 Å². The van der Waals surface area contributed by atoms with Crippen molar-refractivity contribution < 1.29 is 23.1 Å². The van der Waals surface area contributed by atoms with E-state index in [1.54, 1.807) is 6.07 Å². The Bertz CT molecular complexity index is 739. The van der Waals surface area contributed by atoms with Crippen molar-refractivity contribution >= 4 is 32.3 Å². The molecule has 0 aliphatic rings. The maximum atomic E-state index is 12.2. The normalized spacial score (nSPS) is 11.1. The number of nitrogens with one attached hydrogen (secondary N) is 1. The van der Waals surface area contributed by atoms with Crippen LogP contribution in [0.5, 0.6) is 5.75 Å². The van der Waals surface area contributed by atoms with Gasteiger partial charge in [0.15, 0.2) is 5.69 Å². The zero-order chi connectivity index (χ0) is 14.8. The van der Waals surface area contributed by atoms with Crippen LogP contribution in [-0.4, -0.2) is 31.6 Å². The van der Waals surface area contributed by atoms with Crippen molar-refractivity contribution in [2.75, 3.05) is 11.8 Å². The van der Waals surface area contributed by atoms with Crippen molar-refractivity contribution in [3.05, 3.63) is 35.5 Å². The van der Waals surface area contributed by atoms with Crippen LogP contribution in [0.1, 0.15) is 10.5 Å². The van der Waals surface area contributed by atoms with Crippen LogP contribution in [-0.2, 0) is 10.0 Å². The Morgan fingerprint density at radius 3 is 2.85 bits per heavy atom. The lowest BCUT2D eigenvalue weighted by Crippen LogP contribution is -2.14. The minimum absolute atomic E-state index is 0.0263. The van der Waals surface area contributed by atoms with Gasteiger partial charge in [0.25, 0.3) is 10.0 Å². The molecule has 1 aromatic carbocycles. The third-order valence-electron chi connectivity index (χ3n) is 2.35. The second-order valence-electron chi connectivity index (χ2n) is 3.62. The van der Waals surface area contributed by atoms with Gasteiger partial charge in [-0.25, -0.2) is 18.2 Å². The van der Waals surface area contributed by atoms with Gasteiger partial charge in [0.1, 0.15) is 10.8 Å². The molecule has 0 aliphatic heterocycles. The number of aromatic nitrogens is 1. The predicted molar refractivity (Wildman–Crippen MR) is 72.9 cm³/mol. The van der Waals surface area contributed by atoms with E-state index in [-0.39, 0.29) is 15.6 Å². The van der Waals surface area contributed by atoms with E-state index in [9.17, 15) is 13.2 Å². The lowest BCUT2D eigenvalue weighted by molar-refractivity contribution is 0.0692. The summed E-state index contributed by atoms with van der Waals surface area (Å²) in [5.74, 6) is -0.912. The third-order valence-corrected chi connectivity index (χ3v) is 4.57. The fraction of sp³-hybridized carbons (Fsp3) is 0.0909. The fourth-order valence-corrected chi connectivity index (χ4v) is 3.44. The van der Waals surface area contributed by atoms with E-state index in [2.05, 4.69) is 9.71 Å². The van der Waals surface area contributed by atoms with E-state index in [1.165, 1.54) is 30.8 Å². The summed E-state index contributed by atoms with van der Waals surface area (Å²) in [5, 5.41) is 8.85. The van der Waals surface area contributed by atoms with E-state index >= 15 is 0 Å². The van der Waals surface area contributed by atoms with Gasteiger partial charge in [0.2, 0.25) is 0 Å². The number of nitrogens with zero attached hydrogens (tertiary/aromatic N) is 1. The van der Waals surface area contributed by atoms with Crippen LogP contribution in [0.4, 0.5) is 5.00 Å². The maximum Gasteiger partial charge on any atom is 0.357 e. The van der Waals surface area contributed by atoms with Crippen LogP contribution < -0.4 is 9.46 Å². The van der Waals surface area contributed by atoms with E-state index < -0.39 is 16.0 Å². The SMILES string of the molecule is COc1cccc(S(=O)(=O)Nc2scnc2C(=O)O)c1. The molecule has 7 nitrogen and oxygen atoms in total. The summed E-state index contributed by atoms with van der Waals surface area (Å²) in [4.78, 5) is 14.5. The molecular weight excluding hydrogens is 304 g/mol. The molecule has 0 saturated carbocycles. The highest BCUT2D eigenvalue weighted by Gasteiger charge is 2.21. The quantitative estimate of drug-likeness (QED) is 0.869. The van der Waals surface area contributed by atoms with E-state index in [0.29, 0.717) is 5.75 Å². The van der Waals surface area contributed by atoms with Crippen LogP contribution in [0.25, 0.3) is 0 Å². The van der Waals surface area contributed by atoms with Crippen molar-refractivity contribution in [2.45, 2.75) is 4.90 Å². The van der Waals surface area contributed by atoms with Gasteiger partial charge in [0, 0.05) is 6.07 Å². The molecule has 0 amide bonds. The van der Waals surface area contributed by atoms with Gasteiger partial charge in [-0.2, -0.15) is 0 Å². The van der Waals surface area contributed by atoms with Gasteiger partial charge in [0.05, 0.1) is 17.5 Å². The molecule has 0 aliphatic carbocycles. The Morgan fingerprint density at radius 2 is 2.20 bits per heavy atom. The molecule has 0 fully saturated rings. The molecule has 1 aromatic heterocycles. The number of carboxylic acids is 1. The van der Waals surface area contributed by atoms with Crippen LogP contribution in [0.15, 0.2) is 34.7 Å². The summed E-state index contributed by atoms with van der Waals surface area (Å²) in [7, 11) is -2.47. The van der Waals surface area contributed by atoms with Crippen molar-refractivity contribution in [1.29, 1.82) is 0 Å². The summed E-state index contributed by atoms with van der Waals surface area (Å²) in [6.45, 7) is 0. The van der Waals surface area contributed by atoms with Gasteiger partial charge in [-0.15, -0.1) is 11.3 Å². The highest BCUT2D eigenvalue weighted by atomic mass is 32.2. The molecule has 1 heterocycles. The summed E-state index contributed by atoms with van der Waals surface area (Å²) < 4.78 is 31.5. The molecule has 2 N–H and O–H groups in total. The van der Waals surface area contributed by atoms with Crippen molar-refractivity contribution in [1.82, 2.24) is 4.98 Å². The number of aromatic carboxylic acids is 1. The minimum Gasteiger partial charge on any atom is -0.497 e. The molecule has 0 bridgehead atoms. The number of carbonyl (C=O) groups is 1. The number of anilines is 1. The molecule has 2 aromatic rings. The Labute approximate surface area is 118 Å². The number of methoxy groups -OCH3 is 1. The monoisotopic (exact) mass is 314 g/mol. The topological polar surface area (TPSA) is 106 Å². The number of hydrogen-bond donors (Lipinski definition) is 2. The van der Waals surface area contributed by atoms with Gasteiger partial charge >= 0.3 is 5.97 Å². The lowest BCUT2D eigenvalue weighted by atomic mass is 10.3. The summed E-state index contributed by atoms with van der Waals surface area (Å²) in [5.41, 5.74) is 0.925. The molecule has 9 heteroatoms. The Balaban J connectivity index is 2.35. The average Bonchev–Trinajstić information content (AvgIpc) is 2.86. The van der Waals surface area contributed by atoms with Crippen LogP contribution >= 0.6 is 11.3 Å². The smallest absolute Gasteiger partial charge is 0.357 e. The lowest BCUT2D eigenvalue weighted by Gasteiger charge is -2.07. The molecule has 2 rings (SSSR count). The van der Waals surface area contributed by atoms with Gasteiger partial charge < -0.3 is 9.84 Å². The minimum atomic E-state index is -3.89. The second-order valence-corrected chi connectivity index (χ2v) is 6.16. The number of thiazole rings is 1. The number of sulfonamides is 1. The van der Waals surface area contributed by atoms with Crippen LogP contribution in [0.2, 0.25) is 0 Å². The summed E-state index contributed by atoms with van der Waals surface area (Å²) in [6, 6.07) is 5.85. The number of ether oxygens (including phenoxy) is 1. The van der Waals surface area contributed by atoms with Crippen molar-refractivity contribution in [2.24, 2.45) is 0 Å².